The number of fused-ring (bicyclic) bond motifs is 1. The Bertz CT molecular complexity index is 554. The van der Waals surface area contributed by atoms with E-state index in [0.717, 1.165) is 5.92 Å². The van der Waals surface area contributed by atoms with Gasteiger partial charge in [-0.2, -0.15) is 0 Å². The largest absolute Gasteiger partial charge is 0.245 e. The van der Waals surface area contributed by atoms with Gasteiger partial charge in [-0.25, -0.2) is 4.98 Å². The normalized spacial score (nSPS) is 22.7. The smallest absolute Gasteiger partial charge is 0.100 e. The van der Waals surface area contributed by atoms with Gasteiger partial charge in [0.15, 0.2) is 0 Å². The topological polar surface area (TPSA) is 12.9 Å². The predicted octanol–water partition coefficient (Wildman–Crippen LogP) is 4.10. The first-order valence-corrected chi connectivity index (χ1v) is 7.33. The van der Waals surface area contributed by atoms with E-state index in [0.29, 0.717) is 5.92 Å². The standard InChI is InChI=1S/C15H15NS/c1-2-4-12-10(3-1)7-8-13(12)15-16-14(9-17-15)11-5-6-11/h1-4,9,11,13H,5-8H2. The van der Waals surface area contributed by atoms with Crippen LogP contribution in [-0.2, 0) is 6.42 Å². The van der Waals surface area contributed by atoms with Crippen molar-refractivity contribution >= 4 is 11.3 Å². The van der Waals surface area contributed by atoms with E-state index in [1.807, 2.05) is 11.3 Å². The summed E-state index contributed by atoms with van der Waals surface area (Å²) in [5.74, 6) is 1.36. The van der Waals surface area contributed by atoms with Crippen molar-refractivity contribution in [3.63, 3.8) is 0 Å². The molecule has 86 valence electrons. The third-order valence-electron chi connectivity index (χ3n) is 3.97. The van der Waals surface area contributed by atoms with Crippen molar-refractivity contribution in [3.8, 4) is 0 Å². The summed E-state index contributed by atoms with van der Waals surface area (Å²) in [5.41, 5.74) is 4.40. The molecule has 1 atom stereocenters. The number of benzene rings is 1. The molecule has 0 saturated heterocycles. The number of hydrogen-bond donors (Lipinski definition) is 0. The average molecular weight is 241 g/mol. The van der Waals surface area contributed by atoms with Gasteiger partial charge in [-0.15, -0.1) is 11.3 Å². The Balaban J connectivity index is 1.70. The molecule has 1 aromatic carbocycles. The summed E-state index contributed by atoms with van der Waals surface area (Å²) in [6, 6.07) is 8.86. The Labute approximate surface area is 106 Å². The molecular weight excluding hydrogens is 226 g/mol. The second-order valence-corrected chi connectivity index (χ2v) is 6.06. The van der Waals surface area contributed by atoms with E-state index in [1.165, 1.54) is 47.5 Å². The van der Waals surface area contributed by atoms with Crippen molar-refractivity contribution in [2.75, 3.05) is 0 Å². The van der Waals surface area contributed by atoms with Gasteiger partial charge in [0.05, 0.1) is 5.69 Å². The van der Waals surface area contributed by atoms with Gasteiger partial charge < -0.3 is 0 Å². The van der Waals surface area contributed by atoms with Gasteiger partial charge >= 0.3 is 0 Å². The fourth-order valence-electron chi connectivity index (χ4n) is 2.84. The van der Waals surface area contributed by atoms with Crippen molar-refractivity contribution in [3.05, 3.63) is 51.5 Å². The van der Waals surface area contributed by atoms with Crippen molar-refractivity contribution in [2.45, 2.75) is 37.5 Å². The van der Waals surface area contributed by atoms with Crippen LogP contribution in [0.3, 0.4) is 0 Å². The summed E-state index contributed by atoms with van der Waals surface area (Å²) in [4.78, 5) is 4.87. The molecule has 1 saturated carbocycles. The minimum Gasteiger partial charge on any atom is -0.245 e. The second kappa shape index (κ2) is 3.67. The molecule has 0 spiro atoms. The maximum Gasteiger partial charge on any atom is 0.100 e. The molecular formula is C15H15NS. The molecule has 2 aliphatic rings. The number of aromatic nitrogens is 1. The highest BCUT2D eigenvalue weighted by Crippen LogP contribution is 2.44. The lowest BCUT2D eigenvalue weighted by atomic mass is 10.0. The zero-order chi connectivity index (χ0) is 11.2. The molecule has 2 aliphatic carbocycles. The van der Waals surface area contributed by atoms with Gasteiger partial charge in [-0.1, -0.05) is 24.3 Å². The lowest BCUT2D eigenvalue weighted by molar-refractivity contribution is 0.774. The molecule has 0 aliphatic heterocycles. The quantitative estimate of drug-likeness (QED) is 0.771. The molecule has 0 amide bonds. The van der Waals surface area contributed by atoms with Crippen LogP contribution in [0.1, 0.15) is 52.9 Å². The Kier molecular flexibility index (Phi) is 2.13. The van der Waals surface area contributed by atoms with Crippen LogP contribution in [0.25, 0.3) is 0 Å². The zero-order valence-corrected chi connectivity index (χ0v) is 10.5. The molecule has 2 heteroatoms. The first-order chi connectivity index (χ1) is 8.42. The van der Waals surface area contributed by atoms with E-state index in [2.05, 4.69) is 29.6 Å². The predicted molar refractivity (Wildman–Crippen MR) is 70.7 cm³/mol. The minimum atomic E-state index is 0.573. The monoisotopic (exact) mass is 241 g/mol. The molecule has 1 nitrogen and oxygen atoms in total. The van der Waals surface area contributed by atoms with Gasteiger partial charge in [0.1, 0.15) is 5.01 Å². The molecule has 1 aromatic heterocycles. The minimum absolute atomic E-state index is 0.573. The molecule has 1 heterocycles. The van der Waals surface area contributed by atoms with Gasteiger partial charge in [0.2, 0.25) is 0 Å². The van der Waals surface area contributed by atoms with Gasteiger partial charge in [0, 0.05) is 17.2 Å². The van der Waals surface area contributed by atoms with Gasteiger partial charge in [-0.3, -0.25) is 0 Å². The molecule has 0 N–H and O–H groups in total. The molecule has 1 unspecified atom stereocenters. The Morgan fingerprint density at radius 2 is 2.00 bits per heavy atom. The summed E-state index contributed by atoms with van der Waals surface area (Å²) < 4.78 is 0. The molecule has 2 aromatic rings. The van der Waals surface area contributed by atoms with Crippen molar-refractivity contribution in [2.24, 2.45) is 0 Å². The highest BCUT2D eigenvalue weighted by Gasteiger charge is 2.30. The summed E-state index contributed by atoms with van der Waals surface area (Å²) in [5, 5.41) is 3.63. The Morgan fingerprint density at radius 3 is 2.88 bits per heavy atom. The summed E-state index contributed by atoms with van der Waals surface area (Å²) in [6.07, 6.45) is 5.17. The lowest BCUT2D eigenvalue weighted by Crippen LogP contribution is -1.95. The van der Waals surface area contributed by atoms with Crippen molar-refractivity contribution < 1.29 is 0 Å². The van der Waals surface area contributed by atoms with Crippen LogP contribution in [-0.4, -0.2) is 4.98 Å². The zero-order valence-electron chi connectivity index (χ0n) is 9.73. The molecule has 17 heavy (non-hydrogen) atoms. The SMILES string of the molecule is c1ccc2c(c1)CCC2c1nc(C2CC2)cs1. The van der Waals surface area contributed by atoms with Crippen LogP contribution in [0.5, 0.6) is 0 Å². The van der Waals surface area contributed by atoms with Crippen LogP contribution in [0, 0.1) is 0 Å². The van der Waals surface area contributed by atoms with E-state index in [-0.39, 0.29) is 0 Å². The summed E-state index contributed by atoms with van der Waals surface area (Å²) in [7, 11) is 0. The Hall–Kier alpha value is -1.15. The summed E-state index contributed by atoms with van der Waals surface area (Å²) in [6.45, 7) is 0. The first-order valence-electron chi connectivity index (χ1n) is 6.45. The van der Waals surface area contributed by atoms with Crippen LogP contribution in [0.2, 0.25) is 0 Å². The number of rotatable bonds is 2. The Morgan fingerprint density at radius 1 is 1.12 bits per heavy atom. The van der Waals surface area contributed by atoms with Crippen LogP contribution < -0.4 is 0 Å². The molecule has 0 bridgehead atoms. The average Bonchev–Trinajstić information content (AvgIpc) is 2.95. The number of aryl methyl sites for hydroxylation is 1. The third-order valence-corrected chi connectivity index (χ3v) is 4.94. The third kappa shape index (κ3) is 1.62. The van der Waals surface area contributed by atoms with Crippen LogP contribution in [0.4, 0.5) is 0 Å². The fourth-order valence-corrected chi connectivity index (χ4v) is 3.89. The van der Waals surface area contributed by atoms with Crippen molar-refractivity contribution in [1.29, 1.82) is 0 Å². The number of thiazole rings is 1. The van der Waals surface area contributed by atoms with Crippen LogP contribution in [0.15, 0.2) is 29.6 Å². The molecule has 1 fully saturated rings. The van der Waals surface area contributed by atoms with E-state index >= 15 is 0 Å². The van der Waals surface area contributed by atoms with Gasteiger partial charge in [-0.05, 0) is 36.8 Å². The molecule has 0 radical (unpaired) electrons. The lowest BCUT2D eigenvalue weighted by Gasteiger charge is -2.07. The second-order valence-electron chi connectivity index (χ2n) is 5.17. The van der Waals surface area contributed by atoms with E-state index in [9.17, 15) is 0 Å². The van der Waals surface area contributed by atoms with E-state index < -0.39 is 0 Å². The maximum absolute atomic E-state index is 4.87. The molecule has 4 rings (SSSR count). The maximum atomic E-state index is 4.87. The van der Waals surface area contributed by atoms with E-state index in [1.54, 1.807) is 0 Å². The highest BCUT2D eigenvalue weighted by molar-refractivity contribution is 7.09. The highest BCUT2D eigenvalue weighted by atomic mass is 32.1. The van der Waals surface area contributed by atoms with Crippen molar-refractivity contribution in [1.82, 2.24) is 4.98 Å². The summed E-state index contributed by atoms with van der Waals surface area (Å²) >= 11 is 1.87. The van der Waals surface area contributed by atoms with Gasteiger partial charge in [0.25, 0.3) is 0 Å². The van der Waals surface area contributed by atoms with E-state index in [4.69, 9.17) is 4.98 Å². The number of nitrogens with zero attached hydrogens (tertiary/aromatic N) is 1. The fraction of sp³-hybridized carbons (Fsp3) is 0.400. The van der Waals surface area contributed by atoms with Crippen LogP contribution >= 0.6 is 11.3 Å². The number of hydrogen-bond acceptors (Lipinski definition) is 2. The first kappa shape index (κ1) is 9.84.